The maximum atomic E-state index is 13.8. The van der Waals surface area contributed by atoms with Crippen LogP contribution in [0.2, 0.25) is 0 Å². The van der Waals surface area contributed by atoms with Crippen LogP contribution in [0.15, 0.2) is 28.8 Å². The Bertz CT molecular complexity index is 985. The predicted octanol–water partition coefficient (Wildman–Crippen LogP) is 1.85. The molecule has 2 aliphatic rings. The lowest BCUT2D eigenvalue weighted by atomic mass is 10.1. The third-order valence-corrected chi connectivity index (χ3v) is 5.93. The van der Waals surface area contributed by atoms with Crippen LogP contribution in [0, 0.1) is 0 Å². The normalized spacial score (nSPS) is 17.9. The van der Waals surface area contributed by atoms with Crippen LogP contribution in [-0.2, 0) is 15.5 Å². The number of amides is 2. The van der Waals surface area contributed by atoms with E-state index in [0.717, 1.165) is 0 Å². The molecule has 1 aromatic carbocycles. The van der Waals surface area contributed by atoms with Gasteiger partial charge in [-0.15, -0.1) is 0 Å². The average Bonchev–Trinajstić information content (AvgIpc) is 3.36. The number of morpholine rings is 1. The number of alkyl halides is 2. The lowest BCUT2D eigenvalue weighted by Crippen LogP contribution is -2.52. The van der Waals surface area contributed by atoms with E-state index < -0.39 is 18.2 Å². The third-order valence-electron chi connectivity index (χ3n) is 5.93. The van der Waals surface area contributed by atoms with Crippen LogP contribution in [0.4, 0.5) is 8.78 Å². The van der Waals surface area contributed by atoms with E-state index in [4.69, 9.17) is 9.26 Å². The number of carbonyl (C=O) groups is 2. The zero-order valence-electron chi connectivity index (χ0n) is 18.5. The van der Waals surface area contributed by atoms with E-state index in [0.29, 0.717) is 70.2 Å². The topological polar surface area (TPSA) is 92.0 Å². The third kappa shape index (κ3) is 5.36. The molecular formula is C22H27F2N5O4. The molecular weight excluding hydrogens is 436 g/mol. The van der Waals surface area contributed by atoms with E-state index in [-0.39, 0.29) is 17.6 Å². The van der Waals surface area contributed by atoms with Gasteiger partial charge >= 0.3 is 5.92 Å². The highest BCUT2D eigenvalue weighted by Crippen LogP contribution is 2.31. The van der Waals surface area contributed by atoms with Crippen molar-refractivity contribution in [2.75, 3.05) is 59.0 Å². The Morgan fingerprint density at radius 1 is 1.06 bits per heavy atom. The second-order valence-corrected chi connectivity index (χ2v) is 8.12. The second kappa shape index (κ2) is 9.92. The van der Waals surface area contributed by atoms with Crippen LogP contribution in [0.3, 0.4) is 0 Å². The Kier molecular flexibility index (Phi) is 6.99. The number of benzene rings is 1. The van der Waals surface area contributed by atoms with Gasteiger partial charge in [0, 0.05) is 56.8 Å². The summed E-state index contributed by atoms with van der Waals surface area (Å²) in [5.41, 5.74) is 0.844. The quantitative estimate of drug-likeness (QED) is 0.646. The van der Waals surface area contributed by atoms with E-state index in [1.54, 1.807) is 29.2 Å². The number of ether oxygens (including phenoxy) is 1. The van der Waals surface area contributed by atoms with Gasteiger partial charge in [0.25, 0.3) is 11.8 Å². The molecule has 2 fully saturated rings. The Morgan fingerprint density at radius 3 is 2.48 bits per heavy atom. The molecule has 0 saturated carbocycles. The number of rotatable bonds is 6. The summed E-state index contributed by atoms with van der Waals surface area (Å²) in [5, 5.41) is 3.65. The standard InChI is InChI=1S/C22H27F2N5O4/c1-2-22(23,24)21-25-19(26-33-21)16-4-3-5-17(14-16)20(31)29-8-6-27(7-9-29)15-18(30)28-10-12-32-13-11-28/h3-5,14H,2,6-13,15H2,1H3. The highest BCUT2D eigenvalue weighted by Gasteiger charge is 2.36. The summed E-state index contributed by atoms with van der Waals surface area (Å²) < 4.78 is 37.6. The predicted molar refractivity (Wildman–Crippen MR) is 114 cm³/mol. The number of aromatic nitrogens is 2. The van der Waals surface area contributed by atoms with Crippen molar-refractivity contribution in [3.05, 3.63) is 35.7 Å². The molecule has 0 radical (unpaired) electrons. The van der Waals surface area contributed by atoms with Crippen LogP contribution < -0.4 is 0 Å². The van der Waals surface area contributed by atoms with Crippen LogP contribution >= 0.6 is 0 Å². The van der Waals surface area contributed by atoms with Gasteiger partial charge in [0.05, 0.1) is 19.8 Å². The van der Waals surface area contributed by atoms with Crippen LogP contribution in [0.5, 0.6) is 0 Å². The molecule has 0 spiro atoms. The summed E-state index contributed by atoms with van der Waals surface area (Å²) in [7, 11) is 0. The van der Waals surface area contributed by atoms with E-state index >= 15 is 0 Å². The smallest absolute Gasteiger partial charge is 0.324 e. The van der Waals surface area contributed by atoms with Crippen molar-refractivity contribution in [3.8, 4) is 11.4 Å². The van der Waals surface area contributed by atoms with Crippen molar-refractivity contribution in [1.29, 1.82) is 0 Å². The largest absolute Gasteiger partial charge is 0.378 e. The van der Waals surface area contributed by atoms with Gasteiger partial charge in [0.2, 0.25) is 11.7 Å². The summed E-state index contributed by atoms with van der Waals surface area (Å²) in [5.74, 6) is -4.00. The van der Waals surface area contributed by atoms with Gasteiger partial charge in [-0.2, -0.15) is 13.8 Å². The molecule has 178 valence electrons. The molecule has 2 aliphatic heterocycles. The highest BCUT2D eigenvalue weighted by atomic mass is 19.3. The first-order chi connectivity index (χ1) is 15.9. The Morgan fingerprint density at radius 2 is 1.79 bits per heavy atom. The van der Waals surface area contributed by atoms with E-state index in [2.05, 4.69) is 10.1 Å². The van der Waals surface area contributed by atoms with Gasteiger partial charge < -0.3 is 19.1 Å². The van der Waals surface area contributed by atoms with Crippen LogP contribution in [0.1, 0.15) is 29.6 Å². The molecule has 33 heavy (non-hydrogen) atoms. The molecule has 9 nitrogen and oxygen atoms in total. The molecule has 4 rings (SSSR count). The van der Waals surface area contributed by atoms with Gasteiger partial charge in [-0.05, 0) is 12.1 Å². The fourth-order valence-corrected chi connectivity index (χ4v) is 3.83. The minimum Gasteiger partial charge on any atom is -0.378 e. The van der Waals surface area contributed by atoms with Crippen LogP contribution in [-0.4, -0.2) is 95.7 Å². The molecule has 0 unspecified atom stereocenters. The molecule has 1 aromatic heterocycles. The minimum absolute atomic E-state index is 0.0132. The zero-order chi connectivity index (χ0) is 23.4. The maximum Gasteiger partial charge on any atom is 0.324 e. The molecule has 2 saturated heterocycles. The number of hydrogen-bond donors (Lipinski definition) is 0. The van der Waals surface area contributed by atoms with Crippen molar-refractivity contribution in [2.24, 2.45) is 0 Å². The summed E-state index contributed by atoms with van der Waals surface area (Å²) in [6.07, 6.45) is -0.447. The number of halogens is 2. The maximum absolute atomic E-state index is 13.8. The van der Waals surface area contributed by atoms with Crippen molar-refractivity contribution in [1.82, 2.24) is 24.8 Å². The summed E-state index contributed by atoms with van der Waals surface area (Å²) in [6.45, 7) is 6.23. The Labute approximate surface area is 190 Å². The van der Waals surface area contributed by atoms with Crippen molar-refractivity contribution < 1.29 is 27.6 Å². The molecule has 3 heterocycles. The van der Waals surface area contributed by atoms with Crippen LogP contribution in [0.25, 0.3) is 11.4 Å². The van der Waals surface area contributed by atoms with Gasteiger partial charge in [-0.3, -0.25) is 14.5 Å². The van der Waals surface area contributed by atoms with Crippen molar-refractivity contribution in [3.63, 3.8) is 0 Å². The first-order valence-electron chi connectivity index (χ1n) is 11.1. The number of carbonyl (C=O) groups excluding carboxylic acids is 2. The monoisotopic (exact) mass is 463 g/mol. The molecule has 2 aromatic rings. The van der Waals surface area contributed by atoms with Gasteiger partial charge in [0.1, 0.15) is 0 Å². The summed E-state index contributed by atoms with van der Waals surface area (Å²) >= 11 is 0. The van der Waals surface area contributed by atoms with Crippen molar-refractivity contribution in [2.45, 2.75) is 19.3 Å². The average molecular weight is 463 g/mol. The van der Waals surface area contributed by atoms with E-state index in [9.17, 15) is 18.4 Å². The Balaban J connectivity index is 1.35. The Hall–Kier alpha value is -2.92. The van der Waals surface area contributed by atoms with E-state index in [1.807, 2.05) is 9.80 Å². The number of nitrogens with zero attached hydrogens (tertiary/aromatic N) is 5. The number of hydrogen-bond acceptors (Lipinski definition) is 7. The second-order valence-electron chi connectivity index (χ2n) is 8.12. The van der Waals surface area contributed by atoms with E-state index in [1.165, 1.54) is 6.92 Å². The molecule has 0 aliphatic carbocycles. The molecule has 2 amide bonds. The first-order valence-corrected chi connectivity index (χ1v) is 11.1. The van der Waals surface area contributed by atoms with Gasteiger partial charge in [-0.1, -0.05) is 24.2 Å². The molecule has 0 N–H and O–H groups in total. The van der Waals surface area contributed by atoms with Gasteiger partial charge in [0.15, 0.2) is 0 Å². The number of piperazine rings is 1. The lowest BCUT2D eigenvalue weighted by molar-refractivity contribution is -0.136. The van der Waals surface area contributed by atoms with Gasteiger partial charge in [-0.25, -0.2) is 0 Å². The summed E-state index contributed by atoms with van der Waals surface area (Å²) in [6, 6.07) is 6.55. The zero-order valence-corrected chi connectivity index (χ0v) is 18.5. The fourth-order valence-electron chi connectivity index (χ4n) is 3.83. The first kappa shape index (κ1) is 23.2. The fraction of sp³-hybridized carbons (Fsp3) is 0.545. The van der Waals surface area contributed by atoms with Crippen molar-refractivity contribution >= 4 is 11.8 Å². The summed E-state index contributed by atoms with van der Waals surface area (Å²) in [4.78, 5) is 34.8. The molecule has 0 atom stereocenters. The molecule has 11 heteroatoms. The highest BCUT2D eigenvalue weighted by molar-refractivity contribution is 5.95. The SMILES string of the molecule is CCC(F)(F)c1nc(-c2cccc(C(=O)N3CCN(CC(=O)N4CCOCC4)CC3)c2)no1. The minimum atomic E-state index is -3.19. The molecule has 0 bridgehead atoms. The lowest BCUT2D eigenvalue weighted by Gasteiger charge is -2.36.